The average Bonchev–Trinajstić information content (AvgIpc) is 2.52. The highest BCUT2D eigenvalue weighted by Gasteiger charge is 2.31. The van der Waals surface area contributed by atoms with Gasteiger partial charge in [-0.25, -0.2) is 9.59 Å². The number of ether oxygens (including phenoxy) is 2. The Morgan fingerprint density at radius 1 is 1.16 bits per heavy atom. The maximum absolute atomic E-state index is 12.6. The zero-order valence-electron chi connectivity index (χ0n) is 15.2. The number of rotatable bonds is 4. The Balaban J connectivity index is 2.61. The number of alkyl carbamates (subject to hydrolysis) is 1. The van der Waals surface area contributed by atoms with Gasteiger partial charge in [-0.15, -0.1) is 0 Å². The van der Waals surface area contributed by atoms with E-state index in [1.807, 2.05) is 6.07 Å². The summed E-state index contributed by atoms with van der Waals surface area (Å²) in [5.41, 5.74) is -0.699. The van der Waals surface area contributed by atoms with Crippen LogP contribution in [0.15, 0.2) is 0 Å². The van der Waals surface area contributed by atoms with Gasteiger partial charge in [0.2, 0.25) is 5.91 Å². The van der Waals surface area contributed by atoms with Gasteiger partial charge in [0.25, 0.3) is 0 Å². The van der Waals surface area contributed by atoms with Crippen LogP contribution in [0.2, 0.25) is 0 Å². The number of amides is 3. The Labute approximate surface area is 147 Å². The molecule has 1 atom stereocenters. The summed E-state index contributed by atoms with van der Waals surface area (Å²) in [5.74, 6) is -0.365. The third-order valence-electron chi connectivity index (χ3n) is 3.40. The van der Waals surface area contributed by atoms with E-state index in [4.69, 9.17) is 14.7 Å². The molecule has 1 N–H and O–H groups in total. The lowest BCUT2D eigenvalue weighted by Crippen LogP contribution is -2.56. The lowest BCUT2D eigenvalue weighted by atomic mass is 10.1. The van der Waals surface area contributed by atoms with Crippen molar-refractivity contribution in [2.45, 2.75) is 45.8 Å². The van der Waals surface area contributed by atoms with Gasteiger partial charge in [0.05, 0.1) is 19.1 Å². The molecule has 0 saturated carbocycles. The molecule has 0 spiro atoms. The first-order valence-corrected chi connectivity index (χ1v) is 8.25. The van der Waals surface area contributed by atoms with E-state index in [0.29, 0.717) is 32.8 Å². The molecule has 1 rings (SSSR count). The Hall–Kier alpha value is -2.50. The molecule has 1 saturated heterocycles. The van der Waals surface area contributed by atoms with Crippen molar-refractivity contribution in [2.24, 2.45) is 0 Å². The first-order chi connectivity index (χ1) is 11.7. The van der Waals surface area contributed by atoms with Crippen molar-refractivity contribution in [3.05, 3.63) is 0 Å². The molecule has 0 aromatic carbocycles. The summed E-state index contributed by atoms with van der Waals surface area (Å²) >= 11 is 0. The van der Waals surface area contributed by atoms with Gasteiger partial charge in [-0.1, -0.05) is 0 Å². The Morgan fingerprint density at radius 2 is 1.72 bits per heavy atom. The SMILES string of the molecule is CCOC(=O)N1CCN(C(=O)C(CC#N)NC(=O)OC(C)(C)C)CC1. The molecule has 1 fully saturated rings. The van der Waals surface area contributed by atoms with Gasteiger partial charge in [-0.05, 0) is 27.7 Å². The minimum absolute atomic E-state index is 0.157. The van der Waals surface area contributed by atoms with Gasteiger partial charge in [-0.2, -0.15) is 5.26 Å². The van der Waals surface area contributed by atoms with Crippen LogP contribution in [0.5, 0.6) is 0 Å². The van der Waals surface area contributed by atoms with Crippen LogP contribution in [0, 0.1) is 11.3 Å². The van der Waals surface area contributed by atoms with Crippen LogP contribution in [0.4, 0.5) is 9.59 Å². The highest BCUT2D eigenvalue weighted by molar-refractivity contribution is 5.86. The van der Waals surface area contributed by atoms with Gasteiger partial charge in [-0.3, -0.25) is 4.79 Å². The number of nitriles is 1. The van der Waals surface area contributed by atoms with Crippen molar-refractivity contribution in [3.8, 4) is 6.07 Å². The summed E-state index contributed by atoms with van der Waals surface area (Å²) in [6.07, 6.45) is -1.31. The molecule has 0 radical (unpaired) electrons. The van der Waals surface area contributed by atoms with Gasteiger partial charge >= 0.3 is 12.2 Å². The lowest BCUT2D eigenvalue weighted by molar-refractivity contribution is -0.135. The molecule has 1 aliphatic heterocycles. The molecule has 9 nitrogen and oxygen atoms in total. The quantitative estimate of drug-likeness (QED) is 0.809. The smallest absolute Gasteiger partial charge is 0.409 e. The van der Waals surface area contributed by atoms with Gasteiger partial charge < -0.3 is 24.6 Å². The van der Waals surface area contributed by atoms with Crippen molar-refractivity contribution in [3.63, 3.8) is 0 Å². The Bertz CT molecular complexity index is 530. The van der Waals surface area contributed by atoms with Gasteiger partial charge in [0.15, 0.2) is 0 Å². The van der Waals surface area contributed by atoms with E-state index in [0.717, 1.165) is 0 Å². The molecular weight excluding hydrogens is 328 g/mol. The average molecular weight is 354 g/mol. The van der Waals surface area contributed by atoms with Crippen molar-refractivity contribution in [1.29, 1.82) is 5.26 Å². The number of piperazine rings is 1. The van der Waals surface area contributed by atoms with Gasteiger partial charge in [0, 0.05) is 26.2 Å². The number of hydrogen-bond acceptors (Lipinski definition) is 6. The van der Waals surface area contributed by atoms with E-state index < -0.39 is 23.8 Å². The Morgan fingerprint density at radius 3 is 2.20 bits per heavy atom. The topological polar surface area (TPSA) is 112 Å². The van der Waals surface area contributed by atoms with Crippen LogP contribution >= 0.6 is 0 Å². The third kappa shape index (κ3) is 6.87. The van der Waals surface area contributed by atoms with Crippen LogP contribution in [-0.4, -0.2) is 72.3 Å². The van der Waals surface area contributed by atoms with Crippen LogP contribution < -0.4 is 5.32 Å². The molecule has 140 valence electrons. The highest BCUT2D eigenvalue weighted by atomic mass is 16.6. The van der Waals surface area contributed by atoms with Crippen molar-refractivity contribution in [2.75, 3.05) is 32.8 Å². The fourth-order valence-corrected chi connectivity index (χ4v) is 2.29. The molecule has 0 aromatic heterocycles. The Kier molecular flexibility index (Phi) is 7.48. The first kappa shape index (κ1) is 20.5. The second kappa shape index (κ2) is 9.11. The molecule has 0 aromatic rings. The van der Waals surface area contributed by atoms with Crippen molar-refractivity contribution < 1.29 is 23.9 Å². The van der Waals surface area contributed by atoms with E-state index in [2.05, 4.69) is 5.32 Å². The molecular formula is C16H26N4O5. The second-order valence-corrected chi connectivity index (χ2v) is 6.57. The first-order valence-electron chi connectivity index (χ1n) is 8.25. The number of nitrogens with one attached hydrogen (secondary N) is 1. The fraction of sp³-hybridized carbons (Fsp3) is 0.750. The summed E-state index contributed by atoms with van der Waals surface area (Å²) in [7, 11) is 0. The number of carbonyl (C=O) groups excluding carboxylic acids is 3. The molecule has 0 aliphatic carbocycles. The normalized spacial score (nSPS) is 15.8. The zero-order valence-corrected chi connectivity index (χ0v) is 15.2. The maximum atomic E-state index is 12.6. The summed E-state index contributed by atoms with van der Waals surface area (Å²) in [4.78, 5) is 39.1. The predicted octanol–water partition coefficient (Wildman–Crippen LogP) is 1.09. The second-order valence-electron chi connectivity index (χ2n) is 6.57. The highest BCUT2D eigenvalue weighted by Crippen LogP contribution is 2.10. The molecule has 0 bridgehead atoms. The molecule has 25 heavy (non-hydrogen) atoms. The van der Waals surface area contributed by atoms with E-state index in [1.54, 1.807) is 27.7 Å². The fourth-order valence-electron chi connectivity index (χ4n) is 2.29. The standard InChI is InChI=1S/C16H26N4O5/c1-5-24-15(23)20-10-8-19(9-11-20)13(21)12(6-7-17)18-14(22)25-16(2,3)4/h12H,5-6,8-11H2,1-4H3,(H,18,22). The summed E-state index contributed by atoms with van der Waals surface area (Å²) in [6, 6.07) is 0.920. The van der Waals surface area contributed by atoms with E-state index in [9.17, 15) is 14.4 Å². The van der Waals surface area contributed by atoms with Crippen LogP contribution in [0.25, 0.3) is 0 Å². The molecule has 1 heterocycles. The third-order valence-corrected chi connectivity index (χ3v) is 3.40. The minimum Gasteiger partial charge on any atom is -0.450 e. The largest absolute Gasteiger partial charge is 0.450 e. The summed E-state index contributed by atoms with van der Waals surface area (Å²) in [6.45, 7) is 8.47. The monoisotopic (exact) mass is 354 g/mol. The van der Waals surface area contributed by atoms with Crippen molar-refractivity contribution in [1.82, 2.24) is 15.1 Å². The summed E-state index contributed by atoms with van der Waals surface area (Å²) in [5, 5.41) is 11.4. The summed E-state index contributed by atoms with van der Waals surface area (Å²) < 4.78 is 10.1. The van der Waals surface area contributed by atoms with E-state index in [-0.39, 0.29) is 12.3 Å². The van der Waals surface area contributed by atoms with Crippen LogP contribution in [0.3, 0.4) is 0 Å². The van der Waals surface area contributed by atoms with E-state index in [1.165, 1.54) is 9.80 Å². The van der Waals surface area contributed by atoms with Crippen LogP contribution in [0.1, 0.15) is 34.1 Å². The van der Waals surface area contributed by atoms with Gasteiger partial charge in [0.1, 0.15) is 11.6 Å². The van der Waals surface area contributed by atoms with E-state index >= 15 is 0 Å². The predicted molar refractivity (Wildman–Crippen MR) is 88.6 cm³/mol. The molecule has 1 aliphatic rings. The zero-order chi connectivity index (χ0) is 19.0. The van der Waals surface area contributed by atoms with Crippen LogP contribution in [-0.2, 0) is 14.3 Å². The number of nitrogens with zero attached hydrogens (tertiary/aromatic N) is 3. The lowest BCUT2D eigenvalue weighted by Gasteiger charge is -2.35. The molecule has 1 unspecified atom stereocenters. The minimum atomic E-state index is -0.978. The molecule has 3 amide bonds. The maximum Gasteiger partial charge on any atom is 0.409 e. The molecule has 9 heteroatoms. The number of carbonyl (C=O) groups is 3. The van der Waals surface area contributed by atoms with Crippen molar-refractivity contribution >= 4 is 18.1 Å². The number of hydrogen-bond donors (Lipinski definition) is 1.